The molecule has 0 spiro atoms. The molecule has 1 aromatic rings. The molecule has 12 heteroatoms. The number of nitrogens with one attached hydrogen (secondary N) is 2. The second-order valence-electron chi connectivity index (χ2n) is 5.82. The van der Waals surface area contributed by atoms with Crippen molar-refractivity contribution < 1.29 is 41.9 Å². The second-order valence-corrected chi connectivity index (χ2v) is 5.82. The lowest BCUT2D eigenvalue weighted by Gasteiger charge is -2.19. The van der Waals surface area contributed by atoms with E-state index in [1.807, 2.05) is 6.92 Å². The number of halogens is 3. The normalized spacial score (nSPS) is 12.2. The summed E-state index contributed by atoms with van der Waals surface area (Å²) in [5.74, 6) is -3.19. The molecule has 3 amide bonds. The van der Waals surface area contributed by atoms with Crippen molar-refractivity contribution in [3.8, 4) is 5.95 Å². The molecule has 0 fully saturated rings. The molecule has 1 aromatic heterocycles. The molecule has 9 nitrogen and oxygen atoms in total. The van der Waals surface area contributed by atoms with E-state index in [1.165, 1.54) is 0 Å². The Morgan fingerprint density at radius 3 is 2.61 bits per heavy atom. The van der Waals surface area contributed by atoms with Crippen LogP contribution in [-0.2, 0) is 15.8 Å². The summed E-state index contributed by atoms with van der Waals surface area (Å²) in [6.45, 7) is 1.39. The van der Waals surface area contributed by atoms with E-state index in [4.69, 9.17) is 0 Å². The molecule has 3 N–H and O–H groups in total. The molecule has 0 aliphatic rings. The summed E-state index contributed by atoms with van der Waals surface area (Å²) in [5.41, 5.74) is 0. The third-order valence-corrected chi connectivity index (χ3v) is 3.61. The number of hydroxylamine groups is 2. The van der Waals surface area contributed by atoms with Crippen LogP contribution in [0.3, 0.4) is 0 Å². The molecule has 1 atom stereocenters. The van der Waals surface area contributed by atoms with Crippen LogP contribution >= 0.6 is 0 Å². The van der Waals surface area contributed by atoms with Gasteiger partial charge in [0.15, 0.2) is 0 Å². The monoisotopic (exact) mass is 409 g/mol. The number of ether oxygens (including phenoxy) is 1. The standard InChI is InChI=1S/C16H22F3N3O6/c1-2-3-4-5-11(8-22(26)10-23)14(24)20-9-21-15(25)28-13-7-6-12(27-13)16(17,18)19/h6-7,10-11,26H,2-5,8-9H2,1H3,(H,20,24)(H,21,25)/t11-/m1/s1. The van der Waals surface area contributed by atoms with Crippen LogP contribution in [0.4, 0.5) is 18.0 Å². The van der Waals surface area contributed by atoms with Gasteiger partial charge in [0.05, 0.1) is 19.1 Å². The number of hydrogen-bond acceptors (Lipinski definition) is 6. The fourth-order valence-corrected chi connectivity index (χ4v) is 2.22. The lowest BCUT2D eigenvalue weighted by Crippen LogP contribution is -2.43. The van der Waals surface area contributed by atoms with Crippen molar-refractivity contribution in [2.45, 2.75) is 38.8 Å². The predicted octanol–water partition coefficient (Wildman–Crippen LogP) is 2.50. The summed E-state index contributed by atoms with van der Waals surface area (Å²) < 4.78 is 46.0. The van der Waals surface area contributed by atoms with Gasteiger partial charge in [-0.15, -0.1) is 0 Å². The smallest absolute Gasteiger partial charge is 0.421 e. The Bertz CT molecular complexity index is 650. The Kier molecular flexibility index (Phi) is 9.28. The summed E-state index contributed by atoms with van der Waals surface area (Å²) in [6.07, 6.45) is -2.76. The van der Waals surface area contributed by atoms with E-state index in [0.717, 1.165) is 18.9 Å². The lowest BCUT2D eigenvalue weighted by atomic mass is 10.0. The van der Waals surface area contributed by atoms with Crippen molar-refractivity contribution in [2.24, 2.45) is 5.92 Å². The average molecular weight is 409 g/mol. The third-order valence-electron chi connectivity index (χ3n) is 3.61. The fraction of sp³-hybridized carbons (Fsp3) is 0.562. The maximum Gasteiger partial charge on any atom is 0.449 e. The zero-order chi connectivity index (χ0) is 21.2. The highest BCUT2D eigenvalue weighted by atomic mass is 19.4. The van der Waals surface area contributed by atoms with Gasteiger partial charge in [0.25, 0.3) is 5.95 Å². The largest absolute Gasteiger partial charge is 0.449 e. The highest BCUT2D eigenvalue weighted by molar-refractivity contribution is 5.79. The van der Waals surface area contributed by atoms with Crippen molar-refractivity contribution in [2.75, 3.05) is 13.2 Å². The maximum atomic E-state index is 12.4. The molecular weight excluding hydrogens is 387 g/mol. The molecular formula is C16H22F3N3O6. The van der Waals surface area contributed by atoms with Gasteiger partial charge >= 0.3 is 12.3 Å². The molecule has 0 aromatic carbocycles. The highest BCUT2D eigenvalue weighted by Crippen LogP contribution is 2.32. The summed E-state index contributed by atoms with van der Waals surface area (Å²) in [6, 6.07) is 1.44. The summed E-state index contributed by atoms with van der Waals surface area (Å²) in [7, 11) is 0. The minimum atomic E-state index is -4.71. The van der Waals surface area contributed by atoms with Crippen molar-refractivity contribution >= 4 is 18.4 Å². The first-order valence-corrected chi connectivity index (χ1v) is 8.48. The van der Waals surface area contributed by atoms with Crippen LogP contribution in [0, 0.1) is 5.92 Å². The van der Waals surface area contributed by atoms with Gasteiger partial charge in [-0.25, -0.2) is 9.86 Å². The zero-order valence-corrected chi connectivity index (χ0v) is 15.1. The lowest BCUT2D eigenvalue weighted by molar-refractivity contribution is -0.155. The number of unbranched alkanes of at least 4 members (excludes halogenated alkanes) is 2. The molecule has 1 rings (SSSR count). The van der Waals surface area contributed by atoms with E-state index in [1.54, 1.807) is 0 Å². The first-order valence-electron chi connectivity index (χ1n) is 8.48. The molecule has 0 saturated heterocycles. The number of hydrogen-bond donors (Lipinski definition) is 3. The zero-order valence-electron chi connectivity index (χ0n) is 15.1. The number of carbonyl (C=O) groups excluding carboxylic acids is 3. The van der Waals surface area contributed by atoms with E-state index in [9.17, 15) is 32.8 Å². The molecule has 0 aliphatic carbocycles. The molecule has 0 radical (unpaired) electrons. The van der Waals surface area contributed by atoms with E-state index in [0.29, 0.717) is 24.0 Å². The Morgan fingerprint density at radius 1 is 1.32 bits per heavy atom. The summed E-state index contributed by atoms with van der Waals surface area (Å²) in [5, 5.41) is 14.1. The third kappa shape index (κ3) is 8.29. The van der Waals surface area contributed by atoms with Crippen LogP contribution < -0.4 is 15.4 Å². The van der Waals surface area contributed by atoms with Gasteiger partial charge in [-0.05, 0) is 12.5 Å². The summed E-state index contributed by atoms with van der Waals surface area (Å²) >= 11 is 0. The van der Waals surface area contributed by atoms with Crippen molar-refractivity contribution in [1.29, 1.82) is 0 Å². The van der Waals surface area contributed by atoms with E-state index in [2.05, 4.69) is 19.8 Å². The van der Waals surface area contributed by atoms with Crippen molar-refractivity contribution in [3.05, 3.63) is 17.9 Å². The van der Waals surface area contributed by atoms with Crippen LogP contribution in [0.15, 0.2) is 16.5 Å². The molecule has 0 saturated carbocycles. The number of nitrogens with zero attached hydrogens (tertiary/aromatic N) is 1. The number of alkyl halides is 3. The predicted molar refractivity (Wildman–Crippen MR) is 88.1 cm³/mol. The summed E-state index contributed by atoms with van der Waals surface area (Å²) in [4.78, 5) is 34.2. The fourth-order valence-electron chi connectivity index (χ4n) is 2.22. The first kappa shape index (κ1) is 23.3. The average Bonchev–Trinajstić information content (AvgIpc) is 3.09. The van der Waals surface area contributed by atoms with Crippen LogP contribution in [0.5, 0.6) is 5.95 Å². The van der Waals surface area contributed by atoms with E-state index in [-0.39, 0.29) is 19.6 Å². The van der Waals surface area contributed by atoms with E-state index >= 15 is 0 Å². The van der Waals surface area contributed by atoms with Gasteiger partial charge in [0, 0.05) is 6.07 Å². The molecule has 158 valence electrons. The SMILES string of the molecule is CCCCC[C@H](CN(O)C=O)C(=O)NCNC(=O)Oc1ccc(C(F)(F)F)o1. The Labute approximate surface area is 158 Å². The Balaban J connectivity index is 2.45. The quantitative estimate of drug-likeness (QED) is 0.170. The number of rotatable bonds is 11. The van der Waals surface area contributed by atoms with E-state index < -0.39 is 35.8 Å². The van der Waals surface area contributed by atoms with Gasteiger partial charge in [-0.3, -0.25) is 14.8 Å². The molecule has 1 heterocycles. The molecule has 0 unspecified atom stereocenters. The van der Waals surface area contributed by atoms with Crippen molar-refractivity contribution in [3.63, 3.8) is 0 Å². The van der Waals surface area contributed by atoms with Crippen LogP contribution in [0.25, 0.3) is 0 Å². The highest BCUT2D eigenvalue weighted by Gasteiger charge is 2.35. The first-order chi connectivity index (χ1) is 13.2. The maximum absolute atomic E-state index is 12.4. The van der Waals surface area contributed by atoms with Crippen LogP contribution in [0.1, 0.15) is 38.4 Å². The molecule has 0 bridgehead atoms. The minimum Gasteiger partial charge on any atom is -0.421 e. The van der Waals surface area contributed by atoms with Gasteiger partial charge in [-0.1, -0.05) is 26.2 Å². The number of amides is 3. The second kappa shape index (κ2) is 11.2. The molecule has 0 aliphatic heterocycles. The van der Waals surface area contributed by atoms with Crippen LogP contribution in [-0.4, -0.2) is 41.9 Å². The molecule has 28 heavy (non-hydrogen) atoms. The number of furan rings is 1. The topological polar surface area (TPSA) is 121 Å². The number of carbonyl (C=O) groups is 3. The van der Waals surface area contributed by atoms with Gasteiger partial charge in [0.2, 0.25) is 18.1 Å². The van der Waals surface area contributed by atoms with Gasteiger partial charge in [-0.2, -0.15) is 13.2 Å². The van der Waals surface area contributed by atoms with Crippen molar-refractivity contribution in [1.82, 2.24) is 15.7 Å². The van der Waals surface area contributed by atoms with Crippen LogP contribution in [0.2, 0.25) is 0 Å². The van der Waals surface area contributed by atoms with Gasteiger partial charge < -0.3 is 19.8 Å². The van der Waals surface area contributed by atoms with Gasteiger partial charge in [0.1, 0.15) is 0 Å². The Morgan fingerprint density at radius 2 is 2.04 bits per heavy atom. The Hall–Kier alpha value is -2.76. The minimum absolute atomic E-state index is 0.175.